The first-order valence-corrected chi connectivity index (χ1v) is 10.5. The van der Waals surface area contributed by atoms with Crippen molar-refractivity contribution in [2.24, 2.45) is 5.92 Å². The lowest BCUT2D eigenvalue weighted by Crippen LogP contribution is -2.41. The molecule has 0 saturated heterocycles. The number of carbonyl (C=O) groups is 2. The molecule has 2 rings (SSSR count). The molecule has 0 aliphatic carbocycles. The van der Waals surface area contributed by atoms with Gasteiger partial charge in [-0.05, 0) is 37.0 Å². The van der Waals surface area contributed by atoms with Gasteiger partial charge in [0.05, 0.1) is 5.25 Å². The van der Waals surface area contributed by atoms with Crippen molar-refractivity contribution in [2.45, 2.75) is 57.7 Å². The quantitative estimate of drug-likeness (QED) is 0.606. The molecule has 0 unspecified atom stereocenters. The van der Waals surface area contributed by atoms with E-state index in [-0.39, 0.29) is 12.5 Å². The highest BCUT2D eigenvalue weighted by molar-refractivity contribution is 8.00. The number of hydrogen-bond acceptors (Lipinski definition) is 6. The number of aryl methyl sites for hydroxylation is 1. The number of nitrogens with one attached hydrogen (secondary N) is 2. The number of ether oxygens (including phenoxy) is 1. The summed E-state index contributed by atoms with van der Waals surface area (Å²) >= 11 is 1.26. The van der Waals surface area contributed by atoms with E-state index in [9.17, 15) is 9.59 Å². The predicted octanol–water partition coefficient (Wildman–Crippen LogP) is 3.01. The van der Waals surface area contributed by atoms with E-state index in [1.54, 1.807) is 6.92 Å². The Morgan fingerprint density at radius 2 is 1.86 bits per heavy atom. The first-order valence-electron chi connectivity index (χ1n) is 9.67. The molecule has 1 aromatic carbocycles. The molecule has 1 heterocycles. The van der Waals surface area contributed by atoms with E-state index >= 15 is 0 Å². The van der Waals surface area contributed by atoms with Crippen LogP contribution in [0.25, 0.3) is 0 Å². The summed E-state index contributed by atoms with van der Waals surface area (Å²) in [6, 6.07) is 7.45. The van der Waals surface area contributed by atoms with Crippen molar-refractivity contribution in [3.63, 3.8) is 0 Å². The van der Waals surface area contributed by atoms with Gasteiger partial charge in [-0.2, -0.15) is 0 Å². The summed E-state index contributed by atoms with van der Waals surface area (Å²) in [6.45, 7) is 9.02. The van der Waals surface area contributed by atoms with E-state index in [2.05, 4.69) is 41.6 Å². The van der Waals surface area contributed by atoms with Crippen LogP contribution in [0, 0.1) is 5.92 Å². The summed E-state index contributed by atoms with van der Waals surface area (Å²) in [5, 5.41) is 13.3. The Kier molecular flexibility index (Phi) is 8.50. The maximum atomic E-state index is 12.1. The van der Waals surface area contributed by atoms with E-state index in [0.29, 0.717) is 23.4 Å². The minimum atomic E-state index is -0.533. The lowest BCUT2D eigenvalue weighted by molar-refractivity contribution is -0.119. The standard InChI is InChI=1S/C20H29N5O3S/c1-6-15-7-9-16(10-8-15)28-12-17-23-24-20(25(17)11-13(2)3)29-14(4)18(26)22-19(27)21-5/h7-10,13-14H,6,11-12H2,1-5H3,(H2,21,22,26,27)/t14-/m0/s1. The van der Waals surface area contributed by atoms with Crippen molar-refractivity contribution >= 4 is 23.7 Å². The molecule has 0 bridgehead atoms. The monoisotopic (exact) mass is 419 g/mol. The topological polar surface area (TPSA) is 98.1 Å². The van der Waals surface area contributed by atoms with Gasteiger partial charge >= 0.3 is 6.03 Å². The molecule has 0 aliphatic rings. The van der Waals surface area contributed by atoms with Gasteiger partial charge in [-0.1, -0.05) is 44.7 Å². The smallest absolute Gasteiger partial charge is 0.321 e. The molecule has 3 amide bonds. The van der Waals surface area contributed by atoms with Gasteiger partial charge in [-0.25, -0.2) is 4.79 Å². The zero-order valence-corrected chi connectivity index (χ0v) is 18.4. The van der Waals surface area contributed by atoms with Crippen LogP contribution < -0.4 is 15.4 Å². The van der Waals surface area contributed by atoms with Gasteiger partial charge in [0.1, 0.15) is 12.4 Å². The second kappa shape index (κ2) is 10.8. The van der Waals surface area contributed by atoms with Gasteiger partial charge in [0, 0.05) is 13.6 Å². The molecule has 1 aromatic heterocycles. The second-order valence-electron chi connectivity index (χ2n) is 7.02. The van der Waals surface area contributed by atoms with Crippen molar-refractivity contribution in [3.8, 4) is 5.75 Å². The number of urea groups is 1. The van der Waals surface area contributed by atoms with Crippen LogP contribution in [0.1, 0.15) is 39.1 Å². The molecule has 1 atom stereocenters. The summed E-state index contributed by atoms with van der Waals surface area (Å²) < 4.78 is 7.85. The van der Waals surface area contributed by atoms with E-state index in [1.807, 2.05) is 28.8 Å². The number of rotatable bonds is 9. The van der Waals surface area contributed by atoms with Gasteiger partial charge in [0.2, 0.25) is 5.91 Å². The fourth-order valence-electron chi connectivity index (χ4n) is 2.52. The van der Waals surface area contributed by atoms with Crippen molar-refractivity contribution < 1.29 is 14.3 Å². The molecule has 0 radical (unpaired) electrons. The number of benzene rings is 1. The SMILES string of the molecule is CCc1ccc(OCc2nnc(S[C@@H](C)C(=O)NC(=O)NC)n2CC(C)C)cc1. The molecule has 9 heteroatoms. The summed E-state index contributed by atoms with van der Waals surface area (Å²) in [5.41, 5.74) is 1.25. The minimum Gasteiger partial charge on any atom is -0.486 e. The number of imide groups is 1. The maximum Gasteiger partial charge on any atom is 0.321 e. The fraction of sp³-hybridized carbons (Fsp3) is 0.500. The van der Waals surface area contributed by atoms with E-state index in [4.69, 9.17) is 4.74 Å². The Labute approximate surface area is 175 Å². The Hall–Kier alpha value is -2.55. The molecule has 8 nitrogen and oxygen atoms in total. The third-order valence-corrected chi connectivity index (χ3v) is 5.24. The first-order chi connectivity index (χ1) is 13.8. The molecule has 158 valence electrons. The molecular weight excluding hydrogens is 390 g/mol. The van der Waals surface area contributed by atoms with Gasteiger partial charge in [0.15, 0.2) is 11.0 Å². The van der Waals surface area contributed by atoms with E-state index < -0.39 is 11.3 Å². The van der Waals surface area contributed by atoms with Crippen molar-refractivity contribution in [1.82, 2.24) is 25.4 Å². The third kappa shape index (κ3) is 6.77. The molecule has 0 spiro atoms. The van der Waals surface area contributed by atoms with Crippen LogP contribution >= 0.6 is 11.8 Å². The third-order valence-electron chi connectivity index (χ3n) is 4.16. The minimum absolute atomic E-state index is 0.282. The van der Waals surface area contributed by atoms with Gasteiger partial charge in [-0.15, -0.1) is 10.2 Å². The zero-order chi connectivity index (χ0) is 21.4. The number of carbonyl (C=O) groups excluding carboxylic acids is 2. The Morgan fingerprint density at radius 3 is 2.45 bits per heavy atom. The van der Waals surface area contributed by atoms with Gasteiger partial charge in [0.25, 0.3) is 0 Å². The summed E-state index contributed by atoms with van der Waals surface area (Å²) in [4.78, 5) is 23.5. The second-order valence-corrected chi connectivity index (χ2v) is 8.33. The number of aromatic nitrogens is 3. The normalized spacial score (nSPS) is 11.9. The van der Waals surface area contributed by atoms with Crippen LogP contribution in [0.4, 0.5) is 4.79 Å². The van der Waals surface area contributed by atoms with E-state index in [1.165, 1.54) is 24.4 Å². The summed E-state index contributed by atoms with van der Waals surface area (Å²) in [7, 11) is 1.46. The molecule has 0 saturated carbocycles. The molecule has 0 fully saturated rings. The van der Waals surface area contributed by atoms with Crippen LogP contribution in [-0.4, -0.2) is 39.0 Å². The van der Waals surface area contributed by atoms with Crippen LogP contribution in [0.2, 0.25) is 0 Å². The van der Waals surface area contributed by atoms with Crippen LogP contribution in [-0.2, 0) is 24.4 Å². The van der Waals surface area contributed by atoms with Crippen LogP contribution in [0.5, 0.6) is 5.75 Å². The summed E-state index contributed by atoms with van der Waals surface area (Å²) in [6.07, 6.45) is 0.981. The number of nitrogens with zero attached hydrogens (tertiary/aromatic N) is 3. The average Bonchev–Trinajstić information content (AvgIpc) is 3.07. The first kappa shape index (κ1) is 22.7. The molecule has 0 aliphatic heterocycles. The maximum absolute atomic E-state index is 12.1. The molecule has 29 heavy (non-hydrogen) atoms. The van der Waals surface area contributed by atoms with Crippen LogP contribution in [0.15, 0.2) is 29.4 Å². The highest BCUT2D eigenvalue weighted by Gasteiger charge is 2.22. The fourth-order valence-corrected chi connectivity index (χ4v) is 3.40. The number of thioether (sulfide) groups is 1. The zero-order valence-electron chi connectivity index (χ0n) is 17.6. The van der Waals surface area contributed by atoms with Crippen molar-refractivity contribution in [1.29, 1.82) is 0 Å². The Balaban J connectivity index is 2.09. The molecule has 2 aromatic rings. The number of hydrogen-bond donors (Lipinski definition) is 2. The molecular formula is C20H29N5O3S. The summed E-state index contributed by atoms with van der Waals surface area (Å²) in [5.74, 6) is 1.44. The van der Waals surface area contributed by atoms with Crippen LogP contribution in [0.3, 0.4) is 0 Å². The van der Waals surface area contributed by atoms with Crippen molar-refractivity contribution in [2.75, 3.05) is 7.05 Å². The van der Waals surface area contributed by atoms with Gasteiger partial charge in [-0.3, -0.25) is 10.1 Å². The Morgan fingerprint density at radius 1 is 1.17 bits per heavy atom. The average molecular weight is 420 g/mol. The molecule has 2 N–H and O–H groups in total. The number of amides is 3. The van der Waals surface area contributed by atoms with Gasteiger partial charge < -0.3 is 14.6 Å². The highest BCUT2D eigenvalue weighted by atomic mass is 32.2. The predicted molar refractivity (Wildman–Crippen MR) is 113 cm³/mol. The Bertz CT molecular complexity index is 820. The van der Waals surface area contributed by atoms with E-state index in [0.717, 1.165) is 12.2 Å². The largest absolute Gasteiger partial charge is 0.486 e. The lowest BCUT2D eigenvalue weighted by Gasteiger charge is -2.15. The van der Waals surface area contributed by atoms with Crippen molar-refractivity contribution in [3.05, 3.63) is 35.7 Å². The lowest BCUT2D eigenvalue weighted by atomic mass is 10.2. The highest BCUT2D eigenvalue weighted by Crippen LogP contribution is 2.24.